The summed E-state index contributed by atoms with van der Waals surface area (Å²) in [6.45, 7) is 4.65. The van der Waals surface area contributed by atoms with E-state index in [1.807, 2.05) is 27.2 Å². The molecule has 1 amide bonds. The van der Waals surface area contributed by atoms with Gasteiger partial charge in [-0.1, -0.05) is 255 Å². The fourth-order valence-electron chi connectivity index (χ4n) is 8.77. The molecule has 0 bridgehead atoms. The van der Waals surface area contributed by atoms with Gasteiger partial charge in [-0.3, -0.25) is 9.36 Å². The fourth-order valence-corrected chi connectivity index (χ4v) is 9.49. The molecule has 2 N–H and O–H groups in total. The molecule has 3 atom stereocenters. The lowest BCUT2D eigenvalue weighted by atomic mass is 10.0. The summed E-state index contributed by atoms with van der Waals surface area (Å²) in [5.74, 6) is -0.208. The summed E-state index contributed by atoms with van der Waals surface area (Å²) in [6, 6.07) is -0.910. The number of aliphatic hydroxyl groups excluding tert-OH is 1. The van der Waals surface area contributed by atoms with E-state index in [0.29, 0.717) is 17.4 Å². The topological polar surface area (TPSA) is 108 Å². The van der Waals surface area contributed by atoms with Crippen molar-refractivity contribution in [2.75, 3.05) is 40.9 Å². The van der Waals surface area contributed by atoms with Crippen molar-refractivity contribution in [1.29, 1.82) is 0 Å². The minimum absolute atomic E-state index is 0.00873. The molecule has 3 unspecified atom stereocenters. The third-order valence-electron chi connectivity index (χ3n) is 13.5. The van der Waals surface area contributed by atoms with Gasteiger partial charge < -0.3 is 28.8 Å². The lowest BCUT2D eigenvalue weighted by Crippen LogP contribution is -2.45. The first-order valence-corrected chi connectivity index (χ1v) is 31.5. The largest absolute Gasteiger partial charge is 0.756 e. The minimum Gasteiger partial charge on any atom is -0.756 e. The van der Waals surface area contributed by atoms with Crippen LogP contribution in [0.4, 0.5) is 0 Å². The smallest absolute Gasteiger partial charge is 0.268 e. The van der Waals surface area contributed by atoms with Crippen molar-refractivity contribution in [1.82, 2.24) is 5.32 Å². The highest BCUT2D eigenvalue weighted by molar-refractivity contribution is 7.45. The number of quaternary nitrogens is 1. The molecule has 0 saturated carbocycles. The second-order valence-corrected chi connectivity index (χ2v) is 23.1. The van der Waals surface area contributed by atoms with Crippen LogP contribution >= 0.6 is 7.82 Å². The quantitative estimate of drug-likeness (QED) is 0.0272. The van der Waals surface area contributed by atoms with Gasteiger partial charge in [0.15, 0.2) is 0 Å². The molecule has 0 aromatic rings. The first-order valence-electron chi connectivity index (χ1n) is 30.0. The van der Waals surface area contributed by atoms with Crippen molar-refractivity contribution in [3.8, 4) is 0 Å². The lowest BCUT2D eigenvalue weighted by molar-refractivity contribution is -0.870. The Kier molecular flexibility index (Phi) is 51.2. The number of phosphoric ester groups is 1. The van der Waals surface area contributed by atoms with Crippen LogP contribution in [0.1, 0.15) is 284 Å². The maximum absolute atomic E-state index is 13.0. The molecular weight excluding hydrogens is 888 g/mol. The number of hydrogen-bond donors (Lipinski definition) is 2. The van der Waals surface area contributed by atoms with E-state index in [0.717, 1.165) is 44.9 Å². The molecule has 0 aromatic carbocycles. The van der Waals surface area contributed by atoms with Gasteiger partial charge in [-0.2, -0.15) is 0 Å². The average molecular weight is 1010 g/mol. The Morgan fingerprint density at radius 1 is 0.486 bits per heavy atom. The summed E-state index contributed by atoms with van der Waals surface area (Å²) >= 11 is 0. The van der Waals surface area contributed by atoms with Gasteiger partial charge >= 0.3 is 0 Å². The summed E-state index contributed by atoms with van der Waals surface area (Å²) in [6.07, 6.45) is 69.1. The van der Waals surface area contributed by atoms with Crippen LogP contribution in [-0.4, -0.2) is 68.5 Å². The Morgan fingerprint density at radius 3 is 1.16 bits per heavy atom. The van der Waals surface area contributed by atoms with Gasteiger partial charge in [0.05, 0.1) is 39.9 Å². The van der Waals surface area contributed by atoms with Crippen LogP contribution < -0.4 is 10.2 Å². The monoisotopic (exact) mass is 1000 g/mol. The second kappa shape index (κ2) is 52.3. The third-order valence-corrected chi connectivity index (χ3v) is 14.5. The van der Waals surface area contributed by atoms with Crippen LogP contribution in [-0.2, 0) is 18.4 Å². The molecule has 0 aliphatic heterocycles. The number of rotatable bonds is 55. The molecular formula is C61H117N2O6P. The van der Waals surface area contributed by atoms with E-state index < -0.39 is 26.6 Å². The number of unbranched alkanes of at least 4 members (excludes halogenated alkanes) is 36. The van der Waals surface area contributed by atoms with E-state index in [9.17, 15) is 19.4 Å². The van der Waals surface area contributed by atoms with E-state index in [2.05, 4.69) is 55.6 Å². The molecule has 0 heterocycles. The van der Waals surface area contributed by atoms with Gasteiger partial charge in [0, 0.05) is 6.42 Å². The molecule has 0 saturated heterocycles. The lowest BCUT2D eigenvalue weighted by Gasteiger charge is -2.29. The van der Waals surface area contributed by atoms with Crippen molar-refractivity contribution in [2.24, 2.45) is 0 Å². The number of hydrogen-bond acceptors (Lipinski definition) is 6. The van der Waals surface area contributed by atoms with Crippen molar-refractivity contribution in [2.45, 2.75) is 296 Å². The van der Waals surface area contributed by atoms with Gasteiger partial charge in [0.25, 0.3) is 7.82 Å². The first kappa shape index (κ1) is 68.5. The predicted molar refractivity (Wildman–Crippen MR) is 302 cm³/mol. The number of phosphoric acid groups is 1. The van der Waals surface area contributed by atoms with E-state index in [1.54, 1.807) is 6.08 Å². The van der Waals surface area contributed by atoms with Gasteiger partial charge in [0.1, 0.15) is 13.2 Å². The molecule has 0 aliphatic rings. The SMILES string of the molecule is CCCCCCCCCC/C=C\CCCCCCCCCCCCCCCCCC(=O)NC(COP(=O)([O-])OCC[N+](C)(C)C)C(O)/C=C/CC/C=C/CC/C=C/CCCCCCCCCCCCC. The highest BCUT2D eigenvalue weighted by atomic mass is 31.2. The van der Waals surface area contributed by atoms with Crippen molar-refractivity contribution in [3.63, 3.8) is 0 Å². The highest BCUT2D eigenvalue weighted by Gasteiger charge is 2.23. The number of aliphatic hydroxyl groups is 1. The Bertz CT molecular complexity index is 1280. The van der Waals surface area contributed by atoms with Gasteiger partial charge in [-0.25, -0.2) is 0 Å². The Hall–Kier alpha value is -1.54. The molecule has 0 aliphatic carbocycles. The number of carbonyl (C=O) groups excluding carboxylic acids is 1. The normalized spacial score (nSPS) is 14.2. The molecule has 0 aromatic heterocycles. The third kappa shape index (κ3) is 54.2. The number of amides is 1. The van der Waals surface area contributed by atoms with E-state index in [1.165, 1.54) is 218 Å². The first-order chi connectivity index (χ1) is 34.0. The maximum Gasteiger partial charge on any atom is 0.268 e. The molecule has 0 spiro atoms. The molecule has 0 radical (unpaired) electrons. The van der Waals surface area contributed by atoms with Crippen LogP contribution in [0.2, 0.25) is 0 Å². The van der Waals surface area contributed by atoms with Crippen LogP contribution in [0, 0.1) is 0 Å². The van der Waals surface area contributed by atoms with Crippen LogP contribution in [0.3, 0.4) is 0 Å². The summed E-state index contributed by atoms with van der Waals surface area (Å²) in [7, 11) is 1.24. The van der Waals surface area contributed by atoms with E-state index in [4.69, 9.17) is 9.05 Å². The number of likely N-dealkylation sites (N-methyl/N-ethyl adjacent to an activating group) is 1. The maximum atomic E-state index is 13.0. The molecule has 0 rings (SSSR count). The Morgan fingerprint density at radius 2 is 0.800 bits per heavy atom. The van der Waals surface area contributed by atoms with Gasteiger partial charge in [-0.05, 0) is 70.6 Å². The van der Waals surface area contributed by atoms with Crippen molar-refractivity contribution >= 4 is 13.7 Å². The van der Waals surface area contributed by atoms with Crippen molar-refractivity contribution in [3.05, 3.63) is 48.6 Å². The highest BCUT2D eigenvalue weighted by Crippen LogP contribution is 2.38. The van der Waals surface area contributed by atoms with E-state index in [-0.39, 0.29) is 12.5 Å². The van der Waals surface area contributed by atoms with Gasteiger partial charge in [-0.15, -0.1) is 0 Å². The summed E-state index contributed by atoms with van der Waals surface area (Å²) < 4.78 is 23.3. The number of nitrogens with zero attached hydrogens (tertiary/aromatic N) is 1. The number of nitrogens with one attached hydrogen (secondary N) is 1. The molecule has 8 nitrogen and oxygen atoms in total. The summed E-state index contributed by atoms with van der Waals surface area (Å²) in [5.41, 5.74) is 0. The molecule has 9 heteroatoms. The summed E-state index contributed by atoms with van der Waals surface area (Å²) in [5, 5.41) is 13.9. The summed E-state index contributed by atoms with van der Waals surface area (Å²) in [4.78, 5) is 25.5. The zero-order valence-electron chi connectivity index (χ0n) is 47.0. The zero-order valence-corrected chi connectivity index (χ0v) is 47.9. The zero-order chi connectivity index (χ0) is 51.3. The number of carbonyl (C=O) groups is 1. The Balaban J connectivity index is 4.21. The number of allylic oxidation sites excluding steroid dienone is 7. The average Bonchev–Trinajstić information content (AvgIpc) is 3.32. The molecule has 412 valence electrons. The Labute approximate surface area is 435 Å². The van der Waals surface area contributed by atoms with Crippen LogP contribution in [0.15, 0.2) is 48.6 Å². The predicted octanol–water partition coefficient (Wildman–Crippen LogP) is 17.7. The minimum atomic E-state index is -4.61. The standard InChI is InChI=1S/C61H117N2O6P/c1-6-8-10-12-14-16-18-20-22-24-26-28-29-30-31-32-33-35-37-39-41-43-45-47-49-51-53-55-61(65)62-59(58-69-70(66,67)68-57-56-63(3,4)5)60(64)54-52-50-48-46-44-42-40-38-36-34-27-25-23-21-19-17-15-13-11-9-7-2/h24,26,36,38,44,46,52,54,59-60,64H,6-23,25,27-35,37,39-43,45,47-51,53,55-58H2,1-5H3,(H-,62,65,66,67)/b26-24-,38-36+,46-44+,54-52+. The van der Waals surface area contributed by atoms with Crippen molar-refractivity contribution < 1.29 is 32.9 Å². The molecule has 0 fully saturated rings. The fraction of sp³-hybridized carbons (Fsp3) is 0.852. The molecule has 70 heavy (non-hydrogen) atoms. The second-order valence-electron chi connectivity index (χ2n) is 21.7. The van der Waals surface area contributed by atoms with Crippen LogP contribution in [0.5, 0.6) is 0 Å². The van der Waals surface area contributed by atoms with E-state index >= 15 is 0 Å². The van der Waals surface area contributed by atoms with Crippen LogP contribution in [0.25, 0.3) is 0 Å². The van der Waals surface area contributed by atoms with Gasteiger partial charge in [0.2, 0.25) is 5.91 Å².